The molecule has 0 spiro atoms. The fourth-order valence-electron chi connectivity index (χ4n) is 2.16. The van der Waals surface area contributed by atoms with Gasteiger partial charge in [0.25, 0.3) is 0 Å². The van der Waals surface area contributed by atoms with Gasteiger partial charge in [-0.05, 0) is 31.0 Å². The predicted octanol–water partition coefficient (Wildman–Crippen LogP) is 3.17. The second kappa shape index (κ2) is 6.88. The number of nitrogens with one attached hydrogen (secondary N) is 2. The molecule has 0 aliphatic rings. The first kappa shape index (κ1) is 15.0. The maximum Gasteiger partial charge on any atom is 0.239 e. The van der Waals surface area contributed by atoms with Crippen LogP contribution in [-0.4, -0.2) is 12.5 Å². The standard InChI is InChI=1S/C17H19FN2O/c1-12-6-5-7-13(2)17(12)20-11-16(21)19-10-14-8-3-4-9-15(14)18/h3-9,20H,10-11H2,1-2H3,(H,19,21). The van der Waals surface area contributed by atoms with Crippen molar-refractivity contribution in [3.8, 4) is 0 Å². The molecule has 21 heavy (non-hydrogen) atoms. The normalized spacial score (nSPS) is 10.2. The van der Waals surface area contributed by atoms with Crippen LogP contribution in [0.15, 0.2) is 42.5 Å². The zero-order valence-electron chi connectivity index (χ0n) is 12.2. The van der Waals surface area contributed by atoms with Crippen molar-refractivity contribution in [3.05, 3.63) is 65.0 Å². The zero-order valence-corrected chi connectivity index (χ0v) is 12.2. The molecule has 3 nitrogen and oxygen atoms in total. The minimum absolute atomic E-state index is 0.166. The van der Waals surface area contributed by atoms with Crippen LogP contribution in [0.3, 0.4) is 0 Å². The number of halogens is 1. The lowest BCUT2D eigenvalue weighted by atomic mass is 10.1. The Morgan fingerprint density at radius 1 is 1.05 bits per heavy atom. The predicted molar refractivity (Wildman–Crippen MR) is 82.7 cm³/mol. The van der Waals surface area contributed by atoms with Crippen LogP contribution >= 0.6 is 0 Å². The number of carbonyl (C=O) groups is 1. The largest absolute Gasteiger partial charge is 0.376 e. The summed E-state index contributed by atoms with van der Waals surface area (Å²) in [6, 6.07) is 12.4. The fraction of sp³-hybridized carbons (Fsp3) is 0.235. The number of carbonyl (C=O) groups excluding carboxylic acids is 1. The second-order valence-corrected chi connectivity index (χ2v) is 4.99. The molecule has 0 fully saturated rings. The molecule has 0 atom stereocenters. The lowest BCUT2D eigenvalue weighted by Crippen LogP contribution is -2.30. The van der Waals surface area contributed by atoms with Crippen molar-refractivity contribution in [1.29, 1.82) is 0 Å². The van der Waals surface area contributed by atoms with Gasteiger partial charge in [-0.2, -0.15) is 0 Å². The lowest BCUT2D eigenvalue weighted by molar-refractivity contribution is -0.119. The van der Waals surface area contributed by atoms with Crippen molar-refractivity contribution in [1.82, 2.24) is 5.32 Å². The van der Waals surface area contributed by atoms with Gasteiger partial charge in [-0.15, -0.1) is 0 Å². The van der Waals surface area contributed by atoms with E-state index in [0.29, 0.717) is 5.56 Å². The van der Waals surface area contributed by atoms with E-state index >= 15 is 0 Å². The lowest BCUT2D eigenvalue weighted by Gasteiger charge is -2.12. The van der Waals surface area contributed by atoms with Gasteiger partial charge in [-0.3, -0.25) is 4.79 Å². The van der Waals surface area contributed by atoms with E-state index in [1.165, 1.54) is 6.07 Å². The minimum atomic E-state index is -0.305. The summed E-state index contributed by atoms with van der Waals surface area (Å²) in [6.45, 7) is 4.35. The first-order valence-corrected chi connectivity index (χ1v) is 6.88. The van der Waals surface area contributed by atoms with Crippen molar-refractivity contribution in [2.45, 2.75) is 20.4 Å². The molecule has 0 heterocycles. The Labute approximate surface area is 124 Å². The molecule has 0 saturated heterocycles. The molecule has 2 aromatic rings. The van der Waals surface area contributed by atoms with Crippen LogP contribution in [0.2, 0.25) is 0 Å². The van der Waals surface area contributed by atoms with Crippen molar-refractivity contribution in [3.63, 3.8) is 0 Å². The van der Waals surface area contributed by atoms with Crippen LogP contribution in [0.5, 0.6) is 0 Å². The van der Waals surface area contributed by atoms with Crippen LogP contribution in [-0.2, 0) is 11.3 Å². The van der Waals surface area contributed by atoms with Gasteiger partial charge in [0.15, 0.2) is 0 Å². The number of hydrogen-bond donors (Lipinski definition) is 2. The molecule has 4 heteroatoms. The summed E-state index contributed by atoms with van der Waals surface area (Å²) < 4.78 is 13.4. The second-order valence-electron chi connectivity index (χ2n) is 4.99. The fourth-order valence-corrected chi connectivity index (χ4v) is 2.16. The molecule has 1 amide bonds. The highest BCUT2D eigenvalue weighted by molar-refractivity contribution is 5.81. The third-order valence-electron chi connectivity index (χ3n) is 3.34. The number of anilines is 1. The van der Waals surface area contributed by atoms with Crippen LogP contribution in [0, 0.1) is 19.7 Å². The highest BCUT2D eigenvalue weighted by Crippen LogP contribution is 2.18. The first-order chi connectivity index (χ1) is 10.1. The summed E-state index contributed by atoms with van der Waals surface area (Å²) in [6.07, 6.45) is 0. The molecule has 0 aromatic heterocycles. The van der Waals surface area contributed by atoms with Gasteiger partial charge in [0.05, 0.1) is 6.54 Å². The van der Waals surface area contributed by atoms with E-state index in [0.717, 1.165) is 16.8 Å². The van der Waals surface area contributed by atoms with E-state index < -0.39 is 0 Å². The molecule has 0 aliphatic heterocycles. The number of hydrogen-bond acceptors (Lipinski definition) is 2. The smallest absolute Gasteiger partial charge is 0.239 e. The number of rotatable bonds is 5. The Balaban J connectivity index is 1.87. The molecule has 0 bridgehead atoms. The number of amides is 1. The third-order valence-corrected chi connectivity index (χ3v) is 3.34. The van der Waals surface area contributed by atoms with Crippen molar-refractivity contribution in [2.24, 2.45) is 0 Å². The van der Waals surface area contributed by atoms with E-state index in [4.69, 9.17) is 0 Å². The maximum absolute atomic E-state index is 13.4. The Bertz CT molecular complexity index is 620. The third kappa shape index (κ3) is 4.05. The Hall–Kier alpha value is -2.36. The van der Waals surface area contributed by atoms with E-state index in [9.17, 15) is 9.18 Å². The van der Waals surface area contributed by atoms with Gasteiger partial charge in [-0.1, -0.05) is 36.4 Å². The summed E-state index contributed by atoms with van der Waals surface area (Å²) in [4.78, 5) is 11.8. The first-order valence-electron chi connectivity index (χ1n) is 6.88. The average molecular weight is 286 g/mol. The SMILES string of the molecule is Cc1cccc(C)c1NCC(=O)NCc1ccccc1F. The van der Waals surface area contributed by atoms with E-state index in [1.54, 1.807) is 18.2 Å². The summed E-state index contributed by atoms with van der Waals surface area (Å²) in [5.41, 5.74) is 3.64. The number of benzene rings is 2. The van der Waals surface area contributed by atoms with Crippen LogP contribution in [0.1, 0.15) is 16.7 Å². The summed E-state index contributed by atoms with van der Waals surface area (Å²) in [5, 5.41) is 5.83. The van der Waals surface area contributed by atoms with Gasteiger partial charge in [-0.25, -0.2) is 4.39 Å². The maximum atomic E-state index is 13.4. The van der Waals surface area contributed by atoms with Gasteiger partial charge < -0.3 is 10.6 Å². The Morgan fingerprint density at radius 2 is 1.71 bits per heavy atom. The van der Waals surface area contributed by atoms with Crippen LogP contribution in [0.25, 0.3) is 0 Å². The molecular weight excluding hydrogens is 267 g/mol. The molecule has 2 N–H and O–H groups in total. The summed E-state index contributed by atoms with van der Waals surface area (Å²) in [5.74, 6) is -0.471. The Kier molecular flexibility index (Phi) is 4.93. The molecule has 0 unspecified atom stereocenters. The molecule has 2 aromatic carbocycles. The molecule has 110 valence electrons. The van der Waals surface area contributed by atoms with Crippen LogP contribution < -0.4 is 10.6 Å². The number of para-hydroxylation sites is 1. The molecule has 0 saturated carbocycles. The zero-order chi connectivity index (χ0) is 15.2. The molecule has 0 radical (unpaired) electrons. The van der Waals surface area contributed by atoms with Gasteiger partial charge in [0.2, 0.25) is 5.91 Å². The highest BCUT2D eigenvalue weighted by atomic mass is 19.1. The molecule has 0 aliphatic carbocycles. The van der Waals surface area contributed by atoms with E-state index in [2.05, 4.69) is 10.6 Å². The topological polar surface area (TPSA) is 41.1 Å². The summed E-state index contributed by atoms with van der Waals surface area (Å²) >= 11 is 0. The molecule has 2 rings (SSSR count). The van der Waals surface area contributed by atoms with Crippen molar-refractivity contribution < 1.29 is 9.18 Å². The van der Waals surface area contributed by atoms with Crippen LogP contribution in [0.4, 0.5) is 10.1 Å². The molecular formula is C17H19FN2O. The van der Waals surface area contributed by atoms with Gasteiger partial charge in [0.1, 0.15) is 5.82 Å². The monoisotopic (exact) mass is 286 g/mol. The minimum Gasteiger partial charge on any atom is -0.376 e. The van der Waals surface area contributed by atoms with Crippen molar-refractivity contribution in [2.75, 3.05) is 11.9 Å². The van der Waals surface area contributed by atoms with E-state index in [-0.39, 0.29) is 24.8 Å². The number of aryl methyl sites for hydroxylation is 2. The highest BCUT2D eigenvalue weighted by Gasteiger charge is 2.06. The Morgan fingerprint density at radius 3 is 2.38 bits per heavy atom. The van der Waals surface area contributed by atoms with Crippen molar-refractivity contribution >= 4 is 11.6 Å². The van der Waals surface area contributed by atoms with E-state index in [1.807, 2.05) is 32.0 Å². The quantitative estimate of drug-likeness (QED) is 0.886. The van der Waals surface area contributed by atoms with Gasteiger partial charge in [0, 0.05) is 17.8 Å². The summed E-state index contributed by atoms with van der Waals surface area (Å²) in [7, 11) is 0. The van der Waals surface area contributed by atoms with Gasteiger partial charge >= 0.3 is 0 Å². The average Bonchev–Trinajstić information content (AvgIpc) is 2.46.